The minimum atomic E-state index is 0.746. The van der Waals surface area contributed by atoms with Crippen LogP contribution >= 0.6 is 12.0 Å². The molecule has 0 spiro atoms. The fraction of sp³-hybridized carbons (Fsp3) is 0.500. The lowest BCUT2D eigenvalue weighted by molar-refractivity contribution is 0.671. The van der Waals surface area contributed by atoms with Crippen LogP contribution in [0.15, 0.2) is 11.5 Å². The van der Waals surface area contributed by atoms with E-state index in [1.807, 2.05) is 13.0 Å². The van der Waals surface area contributed by atoms with Crippen LogP contribution in [0.3, 0.4) is 0 Å². The summed E-state index contributed by atoms with van der Waals surface area (Å²) < 4.78 is 8.03. The van der Waals surface area contributed by atoms with Crippen LogP contribution in [-0.2, 0) is 0 Å². The third-order valence-electron chi connectivity index (χ3n) is 0.393. The molecule has 0 saturated heterocycles. The molecule has 0 atom stereocenters. The SMILES string of the molecule is CCC=CSO. The molecule has 0 aliphatic rings. The fourth-order valence-corrected chi connectivity index (χ4v) is 0.418. The molecule has 0 bridgehead atoms. The minimum absolute atomic E-state index is 0.746. The quantitative estimate of drug-likeness (QED) is 0.541. The van der Waals surface area contributed by atoms with Gasteiger partial charge in [0.2, 0.25) is 0 Å². The summed E-state index contributed by atoms with van der Waals surface area (Å²) in [6, 6.07) is 0. The van der Waals surface area contributed by atoms with E-state index in [0.717, 1.165) is 18.5 Å². The molecule has 1 nitrogen and oxygen atoms in total. The fourth-order valence-electron chi connectivity index (χ4n) is 0.139. The molecule has 2 heteroatoms. The average molecular weight is 104 g/mol. The Kier molecular flexibility index (Phi) is 5.09. The predicted octanol–water partition coefficient (Wildman–Crippen LogP) is 2.12. The molecule has 0 aromatic carbocycles. The topological polar surface area (TPSA) is 20.2 Å². The van der Waals surface area contributed by atoms with Gasteiger partial charge in [0.25, 0.3) is 0 Å². The van der Waals surface area contributed by atoms with Crippen LogP contribution < -0.4 is 0 Å². The summed E-state index contributed by atoms with van der Waals surface area (Å²) in [6.07, 6.45) is 2.89. The smallest absolute Gasteiger partial charge is 0.0160 e. The van der Waals surface area contributed by atoms with E-state index in [2.05, 4.69) is 0 Å². The van der Waals surface area contributed by atoms with Gasteiger partial charge in [-0.05, 0) is 11.8 Å². The number of hydrogen-bond acceptors (Lipinski definition) is 2. The second-order valence-electron chi connectivity index (χ2n) is 0.885. The van der Waals surface area contributed by atoms with Gasteiger partial charge in [-0.1, -0.05) is 13.0 Å². The zero-order chi connectivity index (χ0) is 4.83. The predicted molar refractivity (Wildman–Crippen MR) is 29.7 cm³/mol. The highest BCUT2D eigenvalue weighted by Gasteiger charge is 1.61. The lowest BCUT2D eigenvalue weighted by atomic mass is 10.5. The summed E-state index contributed by atoms with van der Waals surface area (Å²) in [7, 11) is 0. The summed E-state index contributed by atoms with van der Waals surface area (Å²) in [5.41, 5.74) is 0. The van der Waals surface area contributed by atoms with Crippen LogP contribution in [0.5, 0.6) is 0 Å². The van der Waals surface area contributed by atoms with Gasteiger partial charge in [-0.15, -0.1) is 0 Å². The van der Waals surface area contributed by atoms with E-state index < -0.39 is 0 Å². The maximum absolute atomic E-state index is 8.03. The molecule has 0 saturated carbocycles. The highest BCUT2D eigenvalue weighted by Crippen LogP contribution is 1.92. The molecule has 36 valence electrons. The number of hydrogen-bond donors (Lipinski definition) is 1. The Labute approximate surface area is 42.3 Å². The summed E-state index contributed by atoms with van der Waals surface area (Å²) in [5.74, 6) is 0. The van der Waals surface area contributed by atoms with E-state index in [-0.39, 0.29) is 0 Å². The first kappa shape index (κ1) is 6.05. The molecule has 0 aliphatic carbocycles. The molecule has 6 heavy (non-hydrogen) atoms. The van der Waals surface area contributed by atoms with E-state index in [4.69, 9.17) is 4.55 Å². The van der Waals surface area contributed by atoms with Crippen LogP contribution in [0.4, 0.5) is 0 Å². The Hall–Kier alpha value is 0.0500. The van der Waals surface area contributed by atoms with Gasteiger partial charge in [0.05, 0.1) is 0 Å². The molecule has 0 amide bonds. The van der Waals surface area contributed by atoms with Gasteiger partial charge >= 0.3 is 0 Å². The van der Waals surface area contributed by atoms with E-state index >= 15 is 0 Å². The van der Waals surface area contributed by atoms with Gasteiger partial charge in [-0.2, -0.15) is 0 Å². The number of allylic oxidation sites excluding steroid dienone is 1. The van der Waals surface area contributed by atoms with Gasteiger partial charge in [-0.25, -0.2) is 0 Å². The molecular weight excluding hydrogens is 96.1 g/mol. The highest BCUT2D eigenvalue weighted by atomic mass is 32.2. The van der Waals surface area contributed by atoms with E-state index in [0.29, 0.717) is 0 Å². The van der Waals surface area contributed by atoms with Crippen molar-refractivity contribution in [3.05, 3.63) is 11.5 Å². The van der Waals surface area contributed by atoms with Crippen LogP contribution in [0.25, 0.3) is 0 Å². The first-order valence-electron chi connectivity index (χ1n) is 1.87. The van der Waals surface area contributed by atoms with Gasteiger partial charge in [0.15, 0.2) is 0 Å². The van der Waals surface area contributed by atoms with Crippen LogP contribution in [0, 0.1) is 0 Å². The summed E-state index contributed by atoms with van der Waals surface area (Å²) in [4.78, 5) is 0. The molecular formula is C4H8OS. The van der Waals surface area contributed by atoms with Gasteiger partial charge in [-0.3, -0.25) is 0 Å². The second kappa shape index (κ2) is 5.05. The van der Waals surface area contributed by atoms with Crippen molar-refractivity contribution in [3.63, 3.8) is 0 Å². The van der Waals surface area contributed by atoms with Crippen LogP contribution in [0.1, 0.15) is 13.3 Å². The van der Waals surface area contributed by atoms with Gasteiger partial charge in [0.1, 0.15) is 0 Å². The molecule has 1 N–H and O–H groups in total. The lowest BCUT2D eigenvalue weighted by Crippen LogP contribution is -1.46. The van der Waals surface area contributed by atoms with Gasteiger partial charge < -0.3 is 4.55 Å². The maximum Gasteiger partial charge on any atom is 0.0160 e. The van der Waals surface area contributed by atoms with Crippen molar-refractivity contribution in [2.45, 2.75) is 13.3 Å². The molecule has 0 aliphatic heterocycles. The van der Waals surface area contributed by atoms with Gasteiger partial charge in [0, 0.05) is 12.0 Å². The standard InChI is InChI=1S/C4H8OS/c1-2-3-4-6-5/h3-5H,2H2,1H3. The van der Waals surface area contributed by atoms with E-state index in [1.165, 1.54) is 0 Å². The van der Waals surface area contributed by atoms with Crippen molar-refractivity contribution < 1.29 is 4.55 Å². The van der Waals surface area contributed by atoms with E-state index in [9.17, 15) is 0 Å². The van der Waals surface area contributed by atoms with Crippen molar-refractivity contribution in [2.24, 2.45) is 0 Å². The Balaban J connectivity index is 2.73. The lowest BCUT2D eigenvalue weighted by Gasteiger charge is -1.71. The molecule has 0 radical (unpaired) electrons. The third-order valence-corrected chi connectivity index (χ3v) is 0.707. The second-order valence-corrected chi connectivity index (χ2v) is 1.37. The Morgan fingerprint density at radius 3 is 2.67 bits per heavy atom. The van der Waals surface area contributed by atoms with Crippen LogP contribution in [-0.4, -0.2) is 4.55 Å². The zero-order valence-electron chi connectivity index (χ0n) is 3.72. The first-order valence-corrected chi connectivity index (χ1v) is 2.70. The number of rotatable bonds is 2. The molecule has 0 fully saturated rings. The average Bonchev–Trinajstić information content (AvgIpc) is 1.61. The molecule has 0 unspecified atom stereocenters. The molecule has 0 aromatic heterocycles. The Morgan fingerprint density at radius 1 is 1.83 bits per heavy atom. The summed E-state index contributed by atoms with van der Waals surface area (Å²) >= 11 is 0.746. The minimum Gasteiger partial charge on any atom is -0.326 e. The Morgan fingerprint density at radius 2 is 2.50 bits per heavy atom. The van der Waals surface area contributed by atoms with E-state index in [1.54, 1.807) is 5.41 Å². The monoisotopic (exact) mass is 104 g/mol. The highest BCUT2D eigenvalue weighted by molar-refractivity contribution is 7.96. The van der Waals surface area contributed by atoms with Crippen molar-refractivity contribution in [1.82, 2.24) is 0 Å². The zero-order valence-corrected chi connectivity index (χ0v) is 4.53. The van der Waals surface area contributed by atoms with Crippen molar-refractivity contribution in [3.8, 4) is 0 Å². The molecule has 0 rings (SSSR count). The molecule has 0 heterocycles. The molecule has 0 aromatic rings. The van der Waals surface area contributed by atoms with Crippen molar-refractivity contribution in [1.29, 1.82) is 0 Å². The summed E-state index contributed by atoms with van der Waals surface area (Å²) in [5, 5.41) is 1.65. The van der Waals surface area contributed by atoms with Crippen LogP contribution in [0.2, 0.25) is 0 Å². The third kappa shape index (κ3) is 4.05. The Bertz CT molecular complexity index is 36.8. The first-order chi connectivity index (χ1) is 2.91. The summed E-state index contributed by atoms with van der Waals surface area (Å²) in [6.45, 7) is 2.02. The van der Waals surface area contributed by atoms with Crippen molar-refractivity contribution >= 4 is 12.0 Å². The maximum atomic E-state index is 8.03. The largest absolute Gasteiger partial charge is 0.326 e. The normalized spacial score (nSPS) is 10.3. The van der Waals surface area contributed by atoms with Crippen molar-refractivity contribution in [2.75, 3.05) is 0 Å².